The van der Waals surface area contributed by atoms with E-state index >= 15 is 0 Å². The van der Waals surface area contributed by atoms with Crippen molar-refractivity contribution in [3.8, 4) is 0 Å². The molecule has 8 aromatic heterocycles. The van der Waals surface area contributed by atoms with Gasteiger partial charge in [-0.1, -0.05) is 46.4 Å². The zero-order valence-electron chi connectivity index (χ0n) is 75.0. The van der Waals surface area contributed by atoms with Gasteiger partial charge in [-0.2, -0.15) is 9.46 Å². The highest BCUT2D eigenvalue weighted by Crippen LogP contribution is 2.29. The van der Waals surface area contributed by atoms with Crippen LogP contribution in [-0.2, 0) is 0 Å². The summed E-state index contributed by atoms with van der Waals surface area (Å²) in [6, 6.07) is 15.9. The van der Waals surface area contributed by atoms with Crippen LogP contribution in [0.4, 0.5) is 0 Å². The standard InChI is InChI=1S/C44H54N10O13.C43H52N10O14/c1-23-17-22-49(39(58)32-11-8-20-50(64)40(32)59)19-10-18-45-26(4)34-15-13-30(43(62)53(34)66)36(55)47-29(7)48-37(56)31-14-16-35(54(67)44(31)63)38(57)46-25(3)24(2)28(6)52(27(23)5)42(61)33-12-9-21-51(65)41(33)60;1-22-18-21-48(42(62)32-10-7-12-34(54)50(32)64)20-9-19-44-36(56)28-14-16-30(52(66)40(28)60)38(58)46-27(6)47-39(59)31-17-15-29(41(61)53(31)67)37(57)45-24(3)23(2)26(5)49(25(22)4)43(63)33-11-8-13-35(55)51(33)65/h8-9,11-16,20-21,23-25,27-29,45,64-67H,4,10,17-19,22H2,1-3,5-7H3,(H,46,57)(H,47,55)(H,48,56);7-8,10-17,22-27,64-67H,9,18-21H2,1-6H3,(H,44,56)(H,45,57)(H,46,58)(H,47,59). The SMILES string of the molecule is C=C1NCCCN(C(=O)c2cccn(O)c2=O)CCC(C)C(C)N(C(=O)c2cccn(O)c2=O)C(C)C(C)C(C)NC(=O)c2ccc(c(=O)n2O)C(=O)NC(C)NC(=O)c2ccc1n(O)c2=O.CC1NC(=O)c2ccc(c(=O)n2O)C(=O)NCCCN(C(=O)c2cccc(=O)n2O)CCC(C)C(C)N(C(=O)c2cccc(=O)n2O)C(C)C(C)C(C)NC(=O)c2ccc(n(O)c2=O)C(=O)N1. The van der Waals surface area contributed by atoms with Gasteiger partial charge in [0.25, 0.3) is 109 Å². The smallest absolute Gasteiger partial charge is 0.296 e. The fraction of sp³-hybridized carbons (Fsp3) is 0.391. The van der Waals surface area contributed by atoms with Crippen molar-refractivity contribution in [2.24, 2.45) is 23.7 Å². The molecule has 0 spiro atoms. The molecule has 6 aliphatic heterocycles. The van der Waals surface area contributed by atoms with Gasteiger partial charge in [0.1, 0.15) is 67.5 Å². The molecule has 8 aromatic rings. The van der Waals surface area contributed by atoms with Gasteiger partial charge in [-0.05, 0) is 190 Å². The third-order valence-corrected chi connectivity index (χ3v) is 24.0. The summed E-state index contributed by atoms with van der Waals surface area (Å²) in [6.45, 7) is 23.3. The number of hydrogen-bond acceptors (Lipinski definition) is 28. The first kappa shape index (κ1) is 101. The number of rotatable bonds is 4. The van der Waals surface area contributed by atoms with E-state index < -0.39 is 221 Å². The summed E-state index contributed by atoms with van der Waals surface area (Å²) in [5.41, 5.74) is -14.4. The van der Waals surface area contributed by atoms with E-state index in [1.165, 1.54) is 88.0 Å². The molecule has 0 aromatic carbocycles. The van der Waals surface area contributed by atoms with Crippen molar-refractivity contribution in [3.05, 3.63) is 279 Å². The van der Waals surface area contributed by atoms with Crippen molar-refractivity contribution in [2.45, 2.75) is 157 Å². The van der Waals surface area contributed by atoms with E-state index in [1.807, 2.05) is 0 Å². The number of carbonyl (C=O) groups excluding carboxylic acids is 11. The van der Waals surface area contributed by atoms with Crippen LogP contribution >= 0.6 is 0 Å². The van der Waals surface area contributed by atoms with Gasteiger partial charge >= 0.3 is 0 Å². The molecule has 12 atom stereocenters. The maximum atomic E-state index is 14.4. The van der Waals surface area contributed by atoms with Crippen LogP contribution < -0.4 is 87.0 Å². The number of amides is 11. The first-order chi connectivity index (χ1) is 63.1. The number of pyridine rings is 8. The summed E-state index contributed by atoms with van der Waals surface area (Å²) in [5.74, 6) is -12.3. The van der Waals surface area contributed by atoms with Crippen LogP contribution in [0.25, 0.3) is 5.70 Å². The number of fused-ring (bicyclic) bond motifs is 4. The first-order valence-corrected chi connectivity index (χ1v) is 42.4. The summed E-state index contributed by atoms with van der Waals surface area (Å²) >= 11 is 0. The molecule has 0 aliphatic carbocycles. The minimum Gasteiger partial charge on any atom is -0.425 e. The highest BCUT2D eigenvalue weighted by molar-refractivity contribution is 6.01. The monoisotopic (exact) mass is 1860 g/mol. The van der Waals surface area contributed by atoms with Crippen molar-refractivity contribution in [2.75, 3.05) is 39.3 Å². The number of hydrogen-bond donors (Lipinski definition) is 16. The second kappa shape index (κ2) is 43.4. The second-order valence-electron chi connectivity index (χ2n) is 32.7. The minimum atomic E-state index is -1.29. The second-order valence-corrected chi connectivity index (χ2v) is 32.7. The number of nitrogens with one attached hydrogen (secondary N) is 8. The molecule has 12 unspecified atom stereocenters. The number of nitrogens with zero attached hydrogens (tertiary/aromatic N) is 12. The van der Waals surface area contributed by atoms with Crippen LogP contribution in [0.15, 0.2) is 167 Å². The molecule has 134 heavy (non-hydrogen) atoms. The average Bonchev–Trinajstić information content (AvgIpc) is 0.804. The van der Waals surface area contributed by atoms with E-state index in [2.05, 4.69) is 49.1 Å². The van der Waals surface area contributed by atoms with E-state index in [0.717, 1.165) is 67.0 Å². The summed E-state index contributed by atoms with van der Waals surface area (Å²) in [4.78, 5) is 258. The normalized spacial score (nSPS) is 21.8. The van der Waals surface area contributed by atoms with Gasteiger partial charge < -0.3 is 104 Å². The maximum Gasteiger partial charge on any atom is 0.296 e. The van der Waals surface area contributed by atoms with Crippen molar-refractivity contribution >= 4 is 70.7 Å². The van der Waals surface area contributed by atoms with Crippen LogP contribution in [0.5, 0.6) is 0 Å². The van der Waals surface area contributed by atoms with E-state index in [0.29, 0.717) is 0 Å². The predicted molar refractivity (Wildman–Crippen MR) is 472 cm³/mol. The van der Waals surface area contributed by atoms with Crippen molar-refractivity contribution < 1.29 is 94.4 Å². The summed E-state index contributed by atoms with van der Waals surface area (Å²) in [6.07, 6.45) is 0.288. The van der Waals surface area contributed by atoms with Crippen LogP contribution in [0.1, 0.15) is 229 Å². The van der Waals surface area contributed by atoms with Crippen LogP contribution in [-0.4, -0.2) is 252 Å². The highest BCUT2D eigenvalue weighted by Gasteiger charge is 2.40. The Morgan fingerprint density at radius 1 is 0.321 bits per heavy atom. The van der Waals surface area contributed by atoms with Crippen molar-refractivity contribution in [1.29, 1.82) is 0 Å². The van der Waals surface area contributed by atoms with Crippen molar-refractivity contribution in [3.63, 3.8) is 0 Å². The molecule has 0 radical (unpaired) electrons. The average molecular weight is 1860 g/mol. The molecule has 14 rings (SSSR count). The molecule has 47 heteroatoms. The molecule has 716 valence electrons. The molecule has 0 saturated carbocycles. The number of aromatic nitrogens is 8. The fourth-order valence-electron chi connectivity index (χ4n) is 15.1. The van der Waals surface area contributed by atoms with Gasteiger partial charge in [0.2, 0.25) is 0 Å². The Labute approximate surface area is 760 Å². The quantitative estimate of drug-likeness (QED) is 0.106. The summed E-state index contributed by atoms with van der Waals surface area (Å²) < 4.78 is 0.932. The lowest BCUT2D eigenvalue weighted by Crippen LogP contribution is -2.55. The Morgan fingerprint density at radius 2 is 0.649 bits per heavy atom. The lowest BCUT2D eigenvalue weighted by molar-refractivity contribution is 0.0356. The zero-order valence-corrected chi connectivity index (χ0v) is 75.0. The largest absolute Gasteiger partial charge is 0.425 e. The Hall–Kier alpha value is -16.3. The molecular formula is C87H106N20O27. The molecule has 6 aliphatic rings. The molecule has 11 amide bonds. The molecule has 47 nitrogen and oxygen atoms in total. The van der Waals surface area contributed by atoms with Crippen LogP contribution in [0.3, 0.4) is 0 Å². The first-order valence-electron chi connectivity index (χ1n) is 42.4. The molecule has 0 saturated heterocycles. The van der Waals surface area contributed by atoms with E-state index in [-0.39, 0.29) is 137 Å². The van der Waals surface area contributed by atoms with E-state index in [9.17, 15) is 133 Å². The van der Waals surface area contributed by atoms with Crippen LogP contribution in [0.2, 0.25) is 0 Å². The van der Waals surface area contributed by atoms with Gasteiger partial charge in [0.05, 0.1) is 18.0 Å². The van der Waals surface area contributed by atoms with Gasteiger partial charge in [0.15, 0.2) is 0 Å². The lowest BCUT2D eigenvalue weighted by Gasteiger charge is -2.42. The summed E-state index contributed by atoms with van der Waals surface area (Å²) in [5, 5.41) is 104. The molecular weight excluding hydrogens is 1760 g/mol. The highest BCUT2D eigenvalue weighted by atomic mass is 16.5. The predicted octanol–water partition coefficient (Wildman–Crippen LogP) is 0.359. The fourth-order valence-corrected chi connectivity index (χ4v) is 15.1. The van der Waals surface area contributed by atoms with E-state index in [4.69, 9.17) is 0 Å². The Kier molecular flexibility index (Phi) is 32.9. The van der Waals surface area contributed by atoms with Gasteiger partial charge in [0, 0.05) is 100 Å². The van der Waals surface area contributed by atoms with Gasteiger partial charge in [-0.25, -0.2) is 0 Å². The minimum absolute atomic E-state index is 0.0132. The third kappa shape index (κ3) is 22.6. The molecule has 0 fully saturated rings. The molecule has 14 heterocycles. The van der Waals surface area contributed by atoms with Crippen LogP contribution in [0, 0.1) is 23.7 Å². The summed E-state index contributed by atoms with van der Waals surface area (Å²) in [7, 11) is 0. The van der Waals surface area contributed by atoms with E-state index in [1.54, 1.807) is 69.2 Å². The molecule has 8 bridgehead atoms. The third-order valence-electron chi connectivity index (χ3n) is 24.0. The number of carbonyl (C=O) groups is 11. The maximum absolute atomic E-state index is 14.4. The Bertz CT molecular complexity index is 6420. The Balaban J connectivity index is 0.000000301. The lowest BCUT2D eigenvalue weighted by atomic mass is 9.89. The topological polar surface area (TPSA) is 635 Å². The van der Waals surface area contributed by atoms with Crippen molar-refractivity contribution in [1.82, 2.24) is 100.0 Å². The Morgan fingerprint density at radius 3 is 1.07 bits per heavy atom. The van der Waals surface area contributed by atoms with Gasteiger partial charge in [-0.3, -0.25) is 91.1 Å². The molecule has 16 N–H and O–H groups in total. The van der Waals surface area contributed by atoms with Gasteiger partial charge in [-0.15, -0.1) is 28.4 Å². The zero-order chi connectivity index (χ0) is 99.2.